The molecule has 0 fully saturated rings. The van der Waals surface area contributed by atoms with Crippen LogP contribution >= 0.6 is 23.4 Å². The maximum atomic E-state index is 12.7. The molecule has 0 unspecified atom stereocenters. The van der Waals surface area contributed by atoms with E-state index in [-0.39, 0.29) is 11.7 Å². The molecular formula is C15H13ClFNOS. The van der Waals surface area contributed by atoms with Gasteiger partial charge in [-0.1, -0.05) is 29.8 Å². The lowest BCUT2D eigenvalue weighted by Crippen LogP contribution is -2.14. The van der Waals surface area contributed by atoms with Gasteiger partial charge in [0, 0.05) is 16.5 Å². The average molecular weight is 310 g/mol. The van der Waals surface area contributed by atoms with Gasteiger partial charge in [0.05, 0.1) is 5.75 Å². The number of hydrogen-bond donors (Lipinski definition) is 1. The molecule has 5 heteroatoms. The summed E-state index contributed by atoms with van der Waals surface area (Å²) in [4.78, 5) is 11.7. The van der Waals surface area contributed by atoms with Crippen LogP contribution in [0.4, 0.5) is 10.1 Å². The van der Waals surface area contributed by atoms with Crippen LogP contribution in [0.25, 0.3) is 0 Å². The number of hydrogen-bond acceptors (Lipinski definition) is 2. The topological polar surface area (TPSA) is 29.1 Å². The first-order chi connectivity index (χ1) is 9.63. The quantitative estimate of drug-likeness (QED) is 0.889. The van der Waals surface area contributed by atoms with Crippen molar-refractivity contribution in [2.24, 2.45) is 0 Å². The Balaban J connectivity index is 1.76. The van der Waals surface area contributed by atoms with E-state index in [2.05, 4.69) is 5.32 Å². The lowest BCUT2D eigenvalue weighted by Gasteiger charge is -2.05. The molecule has 2 nitrogen and oxygen atoms in total. The van der Waals surface area contributed by atoms with Crippen LogP contribution in [0, 0.1) is 5.82 Å². The van der Waals surface area contributed by atoms with Crippen molar-refractivity contribution in [1.29, 1.82) is 0 Å². The molecule has 0 bridgehead atoms. The molecule has 0 saturated carbocycles. The van der Waals surface area contributed by atoms with E-state index in [4.69, 9.17) is 11.6 Å². The van der Waals surface area contributed by atoms with Gasteiger partial charge in [0.15, 0.2) is 0 Å². The number of carbonyl (C=O) groups excluding carboxylic acids is 1. The van der Waals surface area contributed by atoms with Crippen LogP contribution in [0.5, 0.6) is 0 Å². The van der Waals surface area contributed by atoms with Crippen molar-refractivity contribution in [3.63, 3.8) is 0 Å². The van der Waals surface area contributed by atoms with E-state index in [0.29, 0.717) is 22.2 Å². The Kier molecular flexibility index (Phi) is 5.44. The molecular weight excluding hydrogens is 297 g/mol. The number of anilines is 1. The summed E-state index contributed by atoms with van der Waals surface area (Å²) >= 11 is 7.31. The first-order valence-corrected chi connectivity index (χ1v) is 7.54. The van der Waals surface area contributed by atoms with Crippen molar-refractivity contribution >= 4 is 35.0 Å². The molecule has 0 aliphatic heterocycles. The van der Waals surface area contributed by atoms with Gasteiger partial charge in [0.25, 0.3) is 0 Å². The van der Waals surface area contributed by atoms with Crippen molar-refractivity contribution in [1.82, 2.24) is 0 Å². The molecule has 1 N–H and O–H groups in total. The second kappa shape index (κ2) is 7.31. The predicted molar refractivity (Wildman–Crippen MR) is 82.6 cm³/mol. The zero-order valence-corrected chi connectivity index (χ0v) is 12.2. The molecule has 0 heterocycles. The molecule has 104 valence electrons. The summed E-state index contributed by atoms with van der Waals surface area (Å²) in [6.45, 7) is 0. The molecule has 1 amide bonds. The molecule has 0 spiro atoms. The highest BCUT2D eigenvalue weighted by Crippen LogP contribution is 2.16. The summed E-state index contributed by atoms with van der Waals surface area (Å²) < 4.78 is 12.7. The minimum absolute atomic E-state index is 0.0839. The zero-order valence-electron chi connectivity index (χ0n) is 10.6. The Labute approximate surface area is 126 Å². The summed E-state index contributed by atoms with van der Waals surface area (Å²) in [7, 11) is 0. The first-order valence-electron chi connectivity index (χ1n) is 6.01. The fourth-order valence-electron chi connectivity index (χ4n) is 1.61. The number of thioether (sulfide) groups is 1. The van der Waals surface area contributed by atoms with Crippen molar-refractivity contribution in [2.75, 3.05) is 11.1 Å². The monoisotopic (exact) mass is 309 g/mol. The van der Waals surface area contributed by atoms with Gasteiger partial charge in [-0.2, -0.15) is 0 Å². The van der Waals surface area contributed by atoms with Crippen LogP contribution in [0.1, 0.15) is 5.56 Å². The standard InChI is InChI=1S/C15H13ClFNOS/c16-12-2-1-3-14(8-12)18-15(19)10-20-9-11-4-6-13(17)7-5-11/h1-8H,9-10H2,(H,18,19). The Morgan fingerprint density at radius 1 is 1.20 bits per heavy atom. The largest absolute Gasteiger partial charge is 0.325 e. The van der Waals surface area contributed by atoms with E-state index >= 15 is 0 Å². The number of benzene rings is 2. The van der Waals surface area contributed by atoms with Gasteiger partial charge in [-0.15, -0.1) is 11.8 Å². The number of nitrogens with one attached hydrogen (secondary N) is 1. The van der Waals surface area contributed by atoms with Crippen molar-refractivity contribution in [3.05, 3.63) is 64.9 Å². The fraction of sp³-hybridized carbons (Fsp3) is 0.133. The van der Waals surface area contributed by atoms with Crippen LogP contribution in [0.3, 0.4) is 0 Å². The maximum absolute atomic E-state index is 12.7. The predicted octanol–water partition coefficient (Wildman–Crippen LogP) is 4.35. The van der Waals surface area contributed by atoms with Gasteiger partial charge in [0.1, 0.15) is 5.82 Å². The normalized spacial score (nSPS) is 10.3. The van der Waals surface area contributed by atoms with Crippen LogP contribution in [-0.2, 0) is 10.5 Å². The molecule has 0 saturated heterocycles. The molecule has 0 aliphatic carbocycles. The Bertz CT molecular complexity index is 589. The SMILES string of the molecule is O=C(CSCc1ccc(F)cc1)Nc1cccc(Cl)c1. The lowest BCUT2D eigenvalue weighted by atomic mass is 10.2. The summed E-state index contributed by atoms with van der Waals surface area (Å²) in [6.07, 6.45) is 0. The summed E-state index contributed by atoms with van der Waals surface area (Å²) in [6, 6.07) is 13.3. The Hall–Kier alpha value is -1.52. The lowest BCUT2D eigenvalue weighted by molar-refractivity contribution is -0.113. The molecule has 2 aromatic carbocycles. The third-order valence-electron chi connectivity index (χ3n) is 2.52. The second-order valence-electron chi connectivity index (χ2n) is 4.18. The molecule has 0 aliphatic rings. The molecule has 0 aromatic heterocycles. The van der Waals surface area contributed by atoms with Crippen molar-refractivity contribution < 1.29 is 9.18 Å². The number of amides is 1. The minimum Gasteiger partial charge on any atom is -0.325 e. The van der Waals surface area contributed by atoms with E-state index in [1.807, 2.05) is 0 Å². The molecule has 0 radical (unpaired) electrons. The summed E-state index contributed by atoms with van der Waals surface area (Å²) in [5.74, 6) is 0.671. The van der Waals surface area contributed by atoms with Crippen molar-refractivity contribution in [3.8, 4) is 0 Å². The average Bonchev–Trinajstić information content (AvgIpc) is 2.41. The van der Waals surface area contributed by atoms with Crippen LogP contribution in [0.2, 0.25) is 5.02 Å². The summed E-state index contributed by atoms with van der Waals surface area (Å²) in [5.41, 5.74) is 1.68. The van der Waals surface area contributed by atoms with Crippen LogP contribution in [-0.4, -0.2) is 11.7 Å². The fourth-order valence-corrected chi connectivity index (χ4v) is 2.58. The molecule has 20 heavy (non-hydrogen) atoms. The Morgan fingerprint density at radius 2 is 1.95 bits per heavy atom. The van der Waals surface area contributed by atoms with Gasteiger partial charge in [-0.25, -0.2) is 4.39 Å². The number of rotatable bonds is 5. The highest BCUT2D eigenvalue weighted by atomic mass is 35.5. The highest BCUT2D eigenvalue weighted by Gasteiger charge is 2.03. The zero-order chi connectivity index (χ0) is 14.4. The van der Waals surface area contributed by atoms with E-state index < -0.39 is 0 Å². The van der Waals surface area contributed by atoms with Gasteiger partial charge >= 0.3 is 0 Å². The van der Waals surface area contributed by atoms with E-state index in [0.717, 1.165) is 5.56 Å². The van der Waals surface area contributed by atoms with E-state index in [1.165, 1.54) is 23.9 Å². The van der Waals surface area contributed by atoms with Crippen LogP contribution in [0.15, 0.2) is 48.5 Å². The third kappa shape index (κ3) is 4.87. The van der Waals surface area contributed by atoms with Gasteiger partial charge in [-0.05, 0) is 35.9 Å². The molecule has 0 atom stereocenters. The highest BCUT2D eigenvalue weighted by molar-refractivity contribution is 7.99. The minimum atomic E-state index is -0.252. The molecule has 2 aromatic rings. The van der Waals surface area contributed by atoms with Crippen LogP contribution < -0.4 is 5.32 Å². The molecule has 2 rings (SSSR count). The van der Waals surface area contributed by atoms with E-state index in [9.17, 15) is 9.18 Å². The van der Waals surface area contributed by atoms with Gasteiger partial charge in [-0.3, -0.25) is 4.79 Å². The second-order valence-corrected chi connectivity index (χ2v) is 5.60. The smallest absolute Gasteiger partial charge is 0.234 e. The van der Waals surface area contributed by atoms with Gasteiger partial charge in [0.2, 0.25) is 5.91 Å². The first kappa shape index (κ1) is 14.9. The van der Waals surface area contributed by atoms with Crippen molar-refractivity contribution in [2.45, 2.75) is 5.75 Å². The number of carbonyl (C=O) groups is 1. The number of halogens is 2. The Morgan fingerprint density at radius 3 is 2.65 bits per heavy atom. The maximum Gasteiger partial charge on any atom is 0.234 e. The van der Waals surface area contributed by atoms with E-state index in [1.54, 1.807) is 36.4 Å². The summed E-state index contributed by atoms with van der Waals surface area (Å²) in [5, 5.41) is 3.36. The van der Waals surface area contributed by atoms with Gasteiger partial charge < -0.3 is 5.32 Å². The third-order valence-corrected chi connectivity index (χ3v) is 3.76.